The Morgan fingerprint density at radius 3 is 2.54 bits per heavy atom. The highest BCUT2D eigenvalue weighted by Gasteiger charge is 2.34. The number of benzene rings is 3. The van der Waals surface area contributed by atoms with Crippen LogP contribution in [-0.4, -0.2) is 40.1 Å². The summed E-state index contributed by atoms with van der Waals surface area (Å²) in [6, 6.07) is 17.4. The van der Waals surface area contributed by atoms with Crippen molar-refractivity contribution in [2.75, 3.05) is 13.2 Å². The maximum absolute atomic E-state index is 12.8. The molecular formula is C27H22N2O7S. The Balaban J connectivity index is 1.36. The van der Waals surface area contributed by atoms with E-state index in [-0.39, 0.29) is 40.3 Å². The van der Waals surface area contributed by atoms with E-state index in [1.54, 1.807) is 18.2 Å². The minimum atomic E-state index is -0.736. The average Bonchev–Trinajstić information content (AvgIpc) is 3.14. The van der Waals surface area contributed by atoms with Gasteiger partial charge in [-0.25, -0.2) is 4.79 Å². The Bertz CT molecular complexity index is 1420. The molecule has 3 aromatic carbocycles. The van der Waals surface area contributed by atoms with Gasteiger partial charge in [0.2, 0.25) is 0 Å². The molecule has 0 aliphatic carbocycles. The van der Waals surface area contributed by atoms with Crippen LogP contribution in [0.3, 0.4) is 0 Å². The van der Waals surface area contributed by atoms with Crippen LogP contribution in [0, 0.1) is 24.0 Å². The quantitative estimate of drug-likeness (QED) is 0.125. The number of amides is 2. The zero-order valence-corrected chi connectivity index (χ0v) is 20.8. The molecule has 1 aliphatic heterocycles. The fourth-order valence-electron chi connectivity index (χ4n) is 3.50. The van der Waals surface area contributed by atoms with Crippen molar-refractivity contribution in [3.05, 3.63) is 104 Å². The first-order chi connectivity index (χ1) is 17.7. The van der Waals surface area contributed by atoms with E-state index in [9.17, 15) is 24.5 Å². The number of carbonyl (C=O) groups is 3. The summed E-state index contributed by atoms with van der Waals surface area (Å²) in [5.74, 6) is -0.194. The van der Waals surface area contributed by atoms with Crippen LogP contribution < -0.4 is 9.47 Å². The zero-order chi connectivity index (χ0) is 26.5. The monoisotopic (exact) mass is 518 g/mol. The summed E-state index contributed by atoms with van der Waals surface area (Å²) in [5, 5.41) is 10.5. The Hall–Kier alpha value is -4.44. The van der Waals surface area contributed by atoms with E-state index < -0.39 is 16.8 Å². The molecule has 37 heavy (non-hydrogen) atoms. The number of nitro groups is 1. The number of thioether (sulfide) groups is 1. The maximum atomic E-state index is 12.8. The van der Waals surface area contributed by atoms with E-state index >= 15 is 0 Å². The molecule has 2 amide bonds. The predicted octanol–water partition coefficient (Wildman–Crippen LogP) is 5.55. The van der Waals surface area contributed by atoms with E-state index in [0.717, 1.165) is 33.9 Å². The van der Waals surface area contributed by atoms with Crippen molar-refractivity contribution in [2.45, 2.75) is 13.8 Å². The van der Waals surface area contributed by atoms with Crippen LogP contribution in [0.25, 0.3) is 6.08 Å². The number of hydrogen-bond acceptors (Lipinski definition) is 8. The van der Waals surface area contributed by atoms with Gasteiger partial charge in [-0.3, -0.25) is 24.6 Å². The molecule has 188 valence electrons. The largest absolute Gasteiger partial charge is 0.491 e. The second-order valence-electron chi connectivity index (χ2n) is 8.22. The molecule has 0 bridgehead atoms. The van der Waals surface area contributed by atoms with Crippen LogP contribution in [0.4, 0.5) is 10.5 Å². The number of non-ortho nitro benzene ring substituents is 1. The lowest BCUT2D eigenvalue weighted by atomic mass is 10.1. The Morgan fingerprint density at radius 1 is 1.05 bits per heavy atom. The Kier molecular flexibility index (Phi) is 7.69. The number of nitro benzene ring substituents is 1. The van der Waals surface area contributed by atoms with Crippen molar-refractivity contribution >= 4 is 40.6 Å². The van der Waals surface area contributed by atoms with Gasteiger partial charge in [0.1, 0.15) is 18.1 Å². The summed E-state index contributed by atoms with van der Waals surface area (Å²) < 4.78 is 11.1. The van der Waals surface area contributed by atoms with Crippen LogP contribution in [0.1, 0.15) is 27.0 Å². The first-order valence-corrected chi connectivity index (χ1v) is 12.0. The third-order valence-corrected chi connectivity index (χ3v) is 6.38. The topological polar surface area (TPSA) is 116 Å². The smallest absolute Gasteiger partial charge is 0.343 e. The zero-order valence-electron chi connectivity index (χ0n) is 20.0. The number of esters is 1. The molecule has 9 nitrogen and oxygen atoms in total. The van der Waals surface area contributed by atoms with Gasteiger partial charge in [-0.1, -0.05) is 30.3 Å². The number of aryl methyl sites for hydroxylation is 2. The number of imide groups is 1. The second-order valence-corrected chi connectivity index (χ2v) is 9.21. The number of rotatable bonds is 8. The van der Waals surface area contributed by atoms with E-state index in [1.165, 1.54) is 30.3 Å². The average molecular weight is 519 g/mol. The molecule has 0 unspecified atom stereocenters. The van der Waals surface area contributed by atoms with E-state index in [0.29, 0.717) is 11.3 Å². The minimum Gasteiger partial charge on any atom is -0.491 e. The molecule has 1 aliphatic rings. The third-order valence-electron chi connectivity index (χ3n) is 5.47. The normalized spacial score (nSPS) is 14.2. The summed E-state index contributed by atoms with van der Waals surface area (Å²) >= 11 is 0.847. The standard InChI is InChI=1S/C27H22N2O7S/c1-17-6-7-18(2)23(14-17)35-13-12-28-25(30)24(37-27(28)32)15-19-8-10-22(11-9-19)36-26(31)20-4-3-5-21(16-20)29(33)34/h3-11,14-16H,12-13H2,1-2H3/b24-15-. The van der Waals surface area contributed by atoms with Crippen LogP contribution >= 0.6 is 11.8 Å². The van der Waals surface area contributed by atoms with Gasteiger partial charge >= 0.3 is 5.97 Å². The number of nitrogens with zero attached hydrogens (tertiary/aromatic N) is 2. The van der Waals surface area contributed by atoms with Crippen LogP contribution in [0.15, 0.2) is 71.6 Å². The number of carbonyl (C=O) groups excluding carboxylic acids is 3. The molecule has 0 aromatic heterocycles. The van der Waals surface area contributed by atoms with E-state index in [2.05, 4.69) is 0 Å². The SMILES string of the molecule is Cc1ccc(C)c(OCCN2C(=O)S/C(=C\c3ccc(OC(=O)c4cccc([N+](=O)[O-])c4)cc3)C2=O)c1. The predicted molar refractivity (Wildman–Crippen MR) is 139 cm³/mol. The first-order valence-electron chi connectivity index (χ1n) is 11.2. The summed E-state index contributed by atoms with van der Waals surface area (Å²) in [6.07, 6.45) is 1.59. The highest BCUT2D eigenvalue weighted by molar-refractivity contribution is 8.18. The lowest BCUT2D eigenvalue weighted by Crippen LogP contribution is -2.32. The molecule has 0 N–H and O–H groups in total. The highest BCUT2D eigenvalue weighted by Crippen LogP contribution is 2.32. The van der Waals surface area contributed by atoms with Crippen molar-refractivity contribution in [3.63, 3.8) is 0 Å². The van der Waals surface area contributed by atoms with Gasteiger partial charge < -0.3 is 9.47 Å². The maximum Gasteiger partial charge on any atom is 0.343 e. The second kappa shape index (κ2) is 11.1. The molecule has 1 saturated heterocycles. The van der Waals surface area contributed by atoms with Gasteiger partial charge in [0.15, 0.2) is 0 Å². The lowest BCUT2D eigenvalue weighted by Gasteiger charge is -2.14. The van der Waals surface area contributed by atoms with Gasteiger partial charge in [0.25, 0.3) is 16.8 Å². The van der Waals surface area contributed by atoms with Gasteiger partial charge in [-0.05, 0) is 72.6 Å². The molecule has 0 saturated carbocycles. The molecule has 1 heterocycles. The van der Waals surface area contributed by atoms with Gasteiger partial charge in [-0.15, -0.1) is 0 Å². The minimum absolute atomic E-state index is 0.0495. The van der Waals surface area contributed by atoms with Crippen molar-refractivity contribution < 1.29 is 28.8 Å². The summed E-state index contributed by atoms with van der Waals surface area (Å²) in [6.45, 7) is 4.20. The fraction of sp³-hybridized carbons (Fsp3) is 0.148. The molecular weight excluding hydrogens is 496 g/mol. The molecule has 0 atom stereocenters. The van der Waals surface area contributed by atoms with Crippen LogP contribution in [0.5, 0.6) is 11.5 Å². The fourth-order valence-corrected chi connectivity index (χ4v) is 4.36. The lowest BCUT2D eigenvalue weighted by molar-refractivity contribution is -0.384. The molecule has 4 rings (SSSR count). The van der Waals surface area contributed by atoms with Gasteiger partial charge in [0, 0.05) is 12.1 Å². The molecule has 3 aromatic rings. The molecule has 10 heteroatoms. The van der Waals surface area contributed by atoms with Gasteiger partial charge in [-0.2, -0.15) is 0 Å². The summed E-state index contributed by atoms with van der Waals surface area (Å²) in [7, 11) is 0. The van der Waals surface area contributed by atoms with Crippen molar-refractivity contribution in [2.24, 2.45) is 0 Å². The van der Waals surface area contributed by atoms with E-state index in [1.807, 2.05) is 32.0 Å². The summed E-state index contributed by atoms with van der Waals surface area (Å²) in [5.41, 5.74) is 2.50. The van der Waals surface area contributed by atoms with Gasteiger partial charge in [0.05, 0.1) is 21.9 Å². The van der Waals surface area contributed by atoms with Crippen LogP contribution in [-0.2, 0) is 4.79 Å². The molecule has 0 spiro atoms. The Labute approximate surface area is 216 Å². The first kappa shape index (κ1) is 25.6. The van der Waals surface area contributed by atoms with Crippen LogP contribution in [0.2, 0.25) is 0 Å². The van der Waals surface area contributed by atoms with E-state index in [4.69, 9.17) is 9.47 Å². The van der Waals surface area contributed by atoms with Crippen molar-refractivity contribution in [1.82, 2.24) is 4.90 Å². The third kappa shape index (κ3) is 6.22. The number of ether oxygens (including phenoxy) is 2. The molecule has 1 fully saturated rings. The summed E-state index contributed by atoms with van der Waals surface area (Å²) in [4.78, 5) is 49.2. The Morgan fingerprint density at radius 2 is 1.81 bits per heavy atom. The molecule has 0 radical (unpaired) electrons. The van der Waals surface area contributed by atoms with Crippen molar-refractivity contribution in [3.8, 4) is 11.5 Å². The van der Waals surface area contributed by atoms with Crippen molar-refractivity contribution in [1.29, 1.82) is 0 Å². The highest BCUT2D eigenvalue weighted by atomic mass is 32.2. The number of hydrogen-bond donors (Lipinski definition) is 0.